The molecule has 0 saturated heterocycles. The molecule has 0 aliphatic rings. The summed E-state index contributed by atoms with van der Waals surface area (Å²) in [6.45, 7) is 4.84. The lowest BCUT2D eigenvalue weighted by atomic mass is 10.0. The summed E-state index contributed by atoms with van der Waals surface area (Å²) in [5.41, 5.74) is 0. The summed E-state index contributed by atoms with van der Waals surface area (Å²) in [6, 6.07) is -0.643. The average Bonchev–Trinajstić information content (AvgIpc) is 3.24. The number of ether oxygens (including phenoxy) is 1. The summed E-state index contributed by atoms with van der Waals surface area (Å²) in [4.78, 5) is 24.4. The van der Waals surface area contributed by atoms with Gasteiger partial charge in [0.05, 0.1) is 25.4 Å². The van der Waals surface area contributed by atoms with E-state index in [2.05, 4.69) is 43.5 Å². The highest BCUT2D eigenvalue weighted by molar-refractivity contribution is 5.76. The van der Waals surface area contributed by atoms with Gasteiger partial charge >= 0.3 is 5.97 Å². The van der Waals surface area contributed by atoms with Crippen LogP contribution < -0.4 is 5.32 Å². The van der Waals surface area contributed by atoms with Crippen molar-refractivity contribution in [3.63, 3.8) is 0 Å². The molecule has 0 aliphatic heterocycles. The lowest BCUT2D eigenvalue weighted by molar-refractivity contribution is -0.143. The highest BCUT2D eigenvalue weighted by Gasteiger charge is 2.18. The Balaban J connectivity index is 3.55. The molecule has 6 nitrogen and oxygen atoms in total. The van der Waals surface area contributed by atoms with E-state index in [1.54, 1.807) is 6.08 Å². The third kappa shape index (κ3) is 45.4. The first-order chi connectivity index (χ1) is 29.0. The summed E-state index contributed by atoms with van der Waals surface area (Å²) in [6.07, 6.45) is 58.6. The monoisotopic (exact) mass is 830 g/mol. The van der Waals surface area contributed by atoms with Crippen LogP contribution in [0.1, 0.15) is 264 Å². The Morgan fingerprint density at radius 3 is 1.25 bits per heavy atom. The van der Waals surface area contributed by atoms with Crippen LogP contribution in [0.3, 0.4) is 0 Å². The molecule has 0 heterocycles. The van der Waals surface area contributed by atoms with Gasteiger partial charge < -0.3 is 20.3 Å². The number of rotatable bonds is 47. The zero-order chi connectivity index (χ0) is 43.0. The second kappa shape index (κ2) is 48.7. The third-order valence-corrected chi connectivity index (χ3v) is 11.7. The van der Waals surface area contributed by atoms with Gasteiger partial charge in [-0.3, -0.25) is 9.59 Å². The number of esters is 1. The largest absolute Gasteiger partial charge is 0.466 e. The smallest absolute Gasteiger partial charge is 0.305 e. The average molecular weight is 830 g/mol. The first-order valence-electron chi connectivity index (χ1n) is 25.8. The van der Waals surface area contributed by atoms with Crippen LogP contribution in [0, 0.1) is 0 Å². The molecule has 0 spiro atoms. The molecule has 59 heavy (non-hydrogen) atoms. The fourth-order valence-corrected chi connectivity index (χ4v) is 7.68. The Kier molecular flexibility index (Phi) is 47.2. The van der Waals surface area contributed by atoms with E-state index in [-0.39, 0.29) is 18.5 Å². The van der Waals surface area contributed by atoms with Gasteiger partial charge in [0.25, 0.3) is 0 Å². The highest BCUT2D eigenvalue weighted by Crippen LogP contribution is 2.15. The standard InChI is InChI=1S/C53H99NO5/c1-3-5-7-9-11-13-15-17-23-27-31-35-39-43-47-53(58)59-48-44-40-36-32-28-24-20-18-19-22-26-30-34-38-42-46-52(57)54-50(49-55)51(56)45-41-37-33-29-25-21-16-14-12-10-8-6-4-2/h18,20,24,28,41,45,50-51,55-56H,3-17,19,21-23,25-27,29-40,42-44,46-49H2,1-2H3,(H,54,57)/b20-18-,28-24-,45-41+. The van der Waals surface area contributed by atoms with Crippen LogP contribution in [0.5, 0.6) is 0 Å². The quantitative estimate of drug-likeness (QED) is 0.0246. The molecule has 0 aliphatic carbocycles. The fourth-order valence-electron chi connectivity index (χ4n) is 7.68. The van der Waals surface area contributed by atoms with Crippen molar-refractivity contribution in [2.75, 3.05) is 13.2 Å². The van der Waals surface area contributed by atoms with Crippen molar-refractivity contribution in [1.82, 2.24) is 5.32 Å². The van der Waals surface area contributed by atoms with Gasteiger partial charge in [0.1, 0.15) is 0 Å². The maximum absolute atomic E-state index is 12.4. The molecule has 2 atom stereocenters. The minimum Gasteiger partial charge on any atom is -0.466 e. The first kappa shape index (κ1) is 57.1. The molecule has 0 aromatic rings. The molecule has 0 saturated carbocycles. The Morgan fingerprint density at radius 1 is 0.475 bits per heavy atom. The number of aliphatic hydroxyl groups excluding tert-OH is 2. The summed E-state index contributed by atoms with van der Waals surface area (Å²) in [5, 5.41) is 23.0. The number of aliphatic hydroxyl groups is 2. The Hall–Kier alpha value is -1.92. The molecule has 3 N–H and O–H groups in total. The molecule has 0 aromatic carbocycles. The molecule has 0 bridgehead atoms. The number of hydrogen-bond acceptors (Lipinski definition) is 5. The van der Waals surface area contributed by atoms with Crippen LogP contribution in [-0.2, 0) is 14.3 Å². The molecule has 2 unspecified atom stereocenters. The van der Waals surface area contributed by atoms with Crippen LogP contribution in [0.15, 0.2) is 36.5 Å². The van der Waals surface area contributed by atoms with Crippen LogP contribution in [0.2, 0.25) is 0 Å². The van der Waals surface area contributed by atoms with E-state index in [1.807, 2.05) is 6.08 Å². The maximum atomic E-state index is 12.4. The molecular formula is C53H99NO5. The van der Waals surface area contributed by atoms with E-state index >= 15 is 0 Å². The highest BCUT2D eigenvalue weighted by atomic mass is 16.5. The summed E-state index contributed by atoms with van der Waals surface area (Å²) >= 11 is 0. The Labute approximate surface area is 366 Å². The van der Waals surface area contributed by atoms with E-state index in [9.17, 15) is 19.8 Å². The van der Waals surface area contributed by atoms with Crippen LogP contribution >= 0.6 is 0 Å². The number of allylic oxidation sites excluding steroid dienone is 5. The second-order valence-corrected chi connectivity index (χ2v) is 17.5. The van der Waals surface area contributed by atoms with Gasteiger partial charge in [-0.05, 0) is 64.2 Å². The van der Waals surface area contributed by atoms with E-state index in [1.165, 1.54) is 161 Å². The van der Waals surface area contributed by atoms with E-state index in [0.717, 1.165) is 77.0 Å². The summed E-state index contributed by atoms with van der Waals surface area (Å²) in [5.74, 6) is -0.113. The van der Waals surface area contributed by atoms with Crippen LogP contribution in [0.25, 0.3) is 0 Å². The minimum atomic E-state index is -0.858. The second-order valence-electron chi connectivity index (χ2n) is 17.5. The van der Waals surface area contributed by atoms with Crippen molar-refractivity contribution >= 4 is 11.9 Å². The van der Waals surface area contributed by atoms with Crippen molar-refractivity contribution < 1.29 is 24.5 Å². The SMILES string of the molecule is CCCCCCCCCCCCC/C=C/C(O)C(CO)NC(=O)CCCCCCCC/C=C\C=C/CCCCCOC(=O)CCCCCCCCCCCCCCCC. The molecule has 0 aromatic heterocycles. The lowest BCUT2D eigenvalue weighted by Gasteiger charge is -2.20. The number of unbranched alkanes of at least 4 members (excludes halogenated alkanes) is 33. The first-order valence-corrected chi connectivity index (χ1v) is 25.8. The lowest BCUT2D eigenvalue weighted by Crippen LogP contribution is -2.45. The van der Waals surface area contributed by atoms with E-state index in [0.29, 0.717) is 19.4 Å². The molecule has 6 heteroatoms. The van der Waals surface area contributed by atoms with Gasteiger partial charge in [-0.25, -0.2) is 0 Å². The molecule has 0 radical (unpaired) electrons. The van der Waals surface area contributed by atoms with Crippen molar-refractivity contribution in [1.29, 1.82) is 0 Å². The van der Waals surface area contributed by atoms with Crippen LogP contribution in [0.4, 0.5) is 0 Å². The molecule has 1 amide bonds. The maximum Gasteiger partial charge on any atom is 0.305 e. The number of nitrogens with one attached hydrogen (secondary N) is 1. The Bertz CT molecular complexity index is 962. The Morgan fingerprint density at radius 2 is 0.831 bits per heavy atom. The van der Waals surface area contributed by atoms with Crippen LogP contribution in [-0.4, -0.2) is 47.4 Å². The van der Waals surface area contributed by atoms with Gasteiger partial charge in [0.15, 0.2) is 0 Å². The summed E-state index contributed by atoms with van der Waals surface area (Å²) < 4.78 is 5.44. The van der Waals surface area contributed by atoms with E-state index in [4.69, 9.17) is 4.74 Å². The predicted octanol–water partition coefficient (Wildman–Crippen LogP) is 15.3. The third-order valence-electron chi connectivity index (χ3n) is 11.7. The zero-order valence-electron chi connectivity index (χ0n) is 39.2. The molecular weight excluding hydrogens is 731 g/mol. The van der Waals surface area contributed by atoms with Crippen molar-refractivity contribution in [2.24, 2.45) is 0 Å². The van der Waals surface area contributed by atoms with Gasteiger partial charge in [0.2, 0.25) is 5.91 Å². The van der Waals surface area contributed by atoms with Gasteiger partial charge in [-0.1, -0.05) is 224 Å². The molecule has 0 rings (SSSR count). The number of hydrogen-bond donors (Lipinski definition) is 3. The normalized spacial score (nSPS) is 12.9. The predicted molar refractivity (Wildman–Crippen MR) is 255 cm³/mol. The topological polar surface area (TPSA) is 95.9 Å². The fraction of sp³-hybridized carbons (Fsp3) is 0.849. The van der Waals surface area contributed by atoms with Gasteiger partial charge in [0, 0.05) is 12.8 Å². The molecule has 346 valence electrons. The van der Waals surface area contributed by atoms with Crippen molar-refractivity contribution in [2.45, 2.75) is 276 Å². The number of carbonyl (C=O) groups is 2. The summed E-state index contributed by atoms with van der Waals surface area (Å²) in [7, 11) is 0. The van der Waals surface area contributed by atoms with Crippen molar-refractivity contribution in [3.8, 4) is 0 Å². The number of amides is 1. The zero-order valence-corrected chi connectivity index (χ0v) is 39.2. The van der Waals surface area contributed by atoms with E-state index < -0.39 is 12.1 Å². The van der Waals surface area contributed by atoms with Gasteiger partial charge in [-0.15, -0.1) is 0 Å². The minimum absolute atomic E-state index is 0.0213. The van der Waals surface area contributed by atoms with Crippen molar-refractivity contribution in [3.05, 3.63) is 36.5 Å². The number of carbonyl (C=O) groups excluding carboxylic acids is 2. The van der Waals surface area contributed by atoms with Gasteiger partial charge in [-0.2, -0.15) is 0 Å². The molecule has 0 fully saturated rings.